The van der Waals surface area contributed by atoms with E-state index in [2.05, 4.69) is 0 Å². The standard InChI is InChI=1S/C7H8BF.2H2O/c1-5-4-6(8)2-3-7(5)9;;/h2-4H,8H2,1H3;2*1H2. The van der Waals surface area contributed by atoms with Gasteiger partial charge in [0.1, 0.15) is 13.7 Å². The van der Waals surface area contributed by atoms with Gasteiger partial charge in [0.15, 0.2) is 0 Å². The van der Waals surface area contributed by atoms with Crippen molar-refractivity contribution in [3.05, 3.63) is 29.6 Å². The lowest BCUT2D eigenvalue weighted by Crippen LogP contribution is -2.02. The first-order valence-electron chi connectivity index (χ1n) is 2.93. The van der Waals surface area contributed by atoms with Gasteiger partial charge in [-0.25, -0.2) is 4.39 Å². The minimum absolute atomic E-state index is 0. The second-order valence-corrected chi connectivity index (χ2v) is 2.25. The summed E-state index contributed by atoms with van der Waals surface area (Å²) in [5.41, 5.74) is 1.82. The number of hydrogen-bond donors (Lipinski definition) is 0. The zero-order chi connectivity index (χ0) is 6.85. The van der Waals surface area contributed by atoms with Crippen molar-refractivity contribution in [1.29, 1.82) is 0 Å². The van der Waals surface area contributed by atoms with Gasteiger partial charge >= 0.3 is 0 Å². The minimum atomic E-state index is -0.124. The Hall–Kier alpha value is -0.865. The summed E-state index contributed by atoms with van der Waals surface area (Å²) in [5, 5.41) is 0. The molecule has 1 rings (SSSR count). The molecular weight excluding hydrogens is 146 g/mol. The summed E-state index contributed by atoms with van der Waals surface area (Å²) >= 11 is 0. The predicted molar refractivity (Wildman–Crippen MR) is 46.5 cm³/mol. The molecule has 0 saturated heterocycles. The number of benzene rings is 1. The Bertz CT molecular complexity index is 228. The molecule has 2 nitrogen and oxygen atoms in total. The molecule has 4 heteroatoms. The van der Waals surface area contributed by atoms with E-state index in [4.69, 9.17) is 0 Å². The molecular formula is C7H12BFO2. The fourth-order valence-corrected chi connectivity index (χ4v) is 0.795. The molecule has 0 amide bonds. The molecule has 4 N–H and O–H groups in total. The first-order chi connectivity index (χ1) is 4.20. The van der Waals surface area contributed by atoms with E-state index >= 15 is 0 Å². The Labute approximate surface area is 66.1 Å². The van der Waals surface area contributed by atoms with E-state index < -0.39 is 0 Å². The van der Waals surface area contributed by atoms with Crippen LogP contribution in [0, 0.1) is 12.7 Å². The molecule has 0 fully saturated rings. The number of hydrogen-bond acceptors (Lipinski definition) is 0. The Morgan fingerprint density at radius 3 is 2.18 bits per heavy atom. The monoisotopic (exact) mass is 158 g/mol. The molecule has 1 aromatic rings. The molecule has 0 aromatic heterocycles. The van der Waals surface area contributed by atoms with Gasteiger partial charge in [0.2, 0.25) is 0 Å². The van der Waals surface area contributed by atoms with Crippen molar-refractivity contribution in [1.82, 2.24) is 0 Å². The summed E-state index contributed by atoms with van der Waals surface area (Å²) in [6.45, 7) is 1.77. The van der Waals surface area contributed by atoms with Gasteiger partial charge in [-0.1, -0.05) is 17.6 Å². The molecule has 0 bridgehead atoms. The Kier molecular flexibility index (Phi) is 5.66. The second-order valence-electron chi connectivity index (χ2n) is 2.25. The van der Waals surface area contributed by atoms with Crippen molar-refractivity contribution >= 4 is 13.3 Å². The fourth-order valence-electron chi connectivity index (χ4n) is 0.795. The van der Waals surface area contributed by atoms with Crippen molar-refractivity contribution in [2.75, 3.05) is 0 Å². The summed E-state index contributed by atoms with van der Waals surface area (Å²) < 4.78 is 12.5. The van der Waals surface area contributed by atoms with Crippen LogP contribution in [0.3, 0.4) is 0 Å². The van der Waals surface area contributed by atoms with E-state index in [1.165, 1.54) is 6.07 Å². The second kappa shape index (κ2) is 4.88. The maximum Gasteiger partial charge on any atom is 0.139 e. The third-order valence-corrected chi connectivity index (χ3v) is 1.31. The molecule has 0 radical (unpaired) electrons. The third-order valence-electron chi connectivity index (χ3n) is 1.31. The van der Waals surface area contributed by atoms with Crippen molar-refractivity contribution in [3.63, 3.8) is 0 Å². The van der Waals surface area contributed by atoms with E-state index in [0.29, 0.717) is 0 Å². The van der Waals surface area contributed by atoms with Gasteiger partial charge in [0.05, 0.1) is 0 Å². The summed E-state index contributed by atoms with van der Waals surface area (Å²) in [7, 11) is 1.95. The maximum atomic E-state index is 12.5. The minimum Gasteiger partial charge on any atom is -0.412 e. The van der Waals surface area contributed by atoms with Crippen LogP contribution in [-0.4, -0.2) is 18.8 Å². The number of halogens is 1. The van der Waals surface area contributed by atoms with E-state index in [-0.39, 0.29) is 16.8 Å². The van der Waals surface area contributed by atoms with Crippen LogP contribution in [0.4, 0.5) is 4.39 Å². The van der Waals surface area contributed by atoms with Gasteiger partial charge in [-0.3, -0.25) is 0 Å². The van der Waals surface area contributed by atoms with Crippen LogP contribution < -0.4 is 5.46 Å². The van der Waals surface area contributed by atoms with Crippen molar-refractivity contribution < 1.29 is 15.3 Å². The Morgan fingerprint density at radius 2 is 1.82 bits per heavy atom. The topological polar surface area (TPSA) is 63.0 Å². The van der Waals surface area contributed by atoms with Gasteiger partial charge in [-0.15, -0.1) is 0 Å². The zero-order valence-corrected chi connectivity index (χ0v) is 6.61. The van der Waals surface area contributed by atoms with Crippen LogP contribution in [0.2, 0.25) is 0 Å². The van der Waals surface area contributed by atoms with Crippen LogP contribution in [0.5, 0.6) is 0 Å². The van der Waals surface area contributed by atoms with Crippen LogP contribution in [0.1, 0.15) is 5.56 Å². The van der Waals surface area contributed by atoms with Crippen LogP contribution >= 0.6 is 0 Å². The van der Waals surface area contributed by atoms with Crippen molar-refractivity contribution in [2.24, 2.45) is 0 Å². The van der Waals surface area contributed by atoms with Gasteiger partial charge in [-0.05, 0) is 18.6 Å². The maximum absolute atomic E-state index is 12.5. The zero-order valence-electron chi connectivity index (χ0n) is 6.61. The third kappa shape index (κ3) is 3.16. The molecule has 0 heterocycles. The molecule has 0 spiro atoms. The highest BCUT2D eigenvalue weighted by Crippen LogP contribution is 2.00. The Morgan fingerprint density at radius 1 is 1.27 bits per heavy atom. The number of rotatable bonds is 0. The van der Waals surface area contributed by atoms with Gasteiger partial charge in [-0.2, -0.15) is 0 Å². The fraction of sp³-hybridized carbons (Fsp3) is 0.143. The molecule has 0 aliphatic carbocycles. The summed E-state index contributed by atoms with van der Waals surface area (Å²) in [5.74, 6) is -0.124. The molecule has 0 atom stereocenters. The van der Waals surface area contributed by atoms with E-state index in [1.807, 2.05) is 13.9 Å². The lowest BCUT2D eigenvalue weighted by atomic mass is 9.95. The van der Waals surface area contributed by atoms with E-state index in [0.717, 1.165) is 11.0 Å². The number of aryl methyl sites for hydroxylation is 1. The highest BCUT2D eigenvalue weighted by Gasteiger charge is 1.92. The first-order valence-corrected chi connectivity index (χ1v) is 2.93. The molecule has 62 valence electrons. The normalized spacial score (nSPS) is 7.82. The molecule has 0 aliphatic heterocycles. The van der Waals surface area contributed by atoms with Crippen LogP contribution in [0.15, 0.2) is 18.2 Å². The predicted octanol–water partition coefficient (Wildman–Crippen LogP) is -1.26. The highest BCUT2D eigenvalue weighted by atomic mass is 19.1. The molecule has 0 saturated carbocycles. The SMILES string of the molecule is Bc1ccc(F)c(C)c1.O.O. The molecule has 11 heavy (non-hydrogen) atoms. The van der Waals surface area contributed by atoms with Crippen molar-refractivity contribution in [2.45, 2.75) is 6.92 Å². The smallest absolute Gasteiger partial charge is 0.139 e. The lowest BCUT2D eigenvalue weighted by Gasteiger charge is -1.95. The van der Waals surface area contributed by atoms with Gasteiger partial charge in [0.25, 0.3) is 0 Å². The summed E-state index contributed by atoms with van der Waals surface area (Å²) in [6, 6.07) is 5.09. The van der Waals surface area contributed by atoms with Gasteiger partial charge < -0.3 is 11.0 Å². The first kappa shape index (κ1) is 12.8. The largest absolute Gasteiger partial charge is 0.412 e. The molecule has 1 aromatic carbocycles. The molecule has 0 unspecified atom stereocenters. The van der Waals surface area contributed by atoms with Crippen LogP contribution in [-0.2, 0) is 0 Å². The summed E-state index contributed by atoms with van der Waals surface area (Å²) in [6.07, 6.45) is 0. The quantitative estimate of drug-likeness (QED) is 0.423. The average Bonchev–Trinajstić information content (AvgIpc) is 1.80. The van der Waals surface area contributed by atoms with Crippen LogP contribution in [0.25, 0.3) is 0 Å². The highest BCUT2D eigenvalue weighted by molar-refractivity contribution is 6.32. The summed E-state index contributed by atoms with van der Waals surface area (Å²) in [4.78, 5) is 0. The Balaban J connectivity index is 0. The van der Waals surface area contributed by atoms with Crippen molar-refractivity contribution in [3.8, 4) is 0 Å². The lowest BCUT2D eigenvalue weighted by molar-refractivity contribution is 0.619. The van der Waals surface area contributed by atoms with Gasteiger partial charge in [0, 0.05) is 0 Å². The molecule has 0 aliphatic rings. The van der Waals surface area contributed by atoms with E-state index in [9.17, 15) is 4.39 Å². The average molecular weight is 158 g/mol. The van der Waals surface area contributed by atoms with E-state index in [1.54, 1.807) is 13.0 Å².